The van der Waals surface area contributed by atoms with Crippen LogP contribution in [-0.4, -0.2) is 18.4 Å². The molecule has 0 aliphatic heterocycles. The van der Waals surface area contributed by atoms with Gasteiger partial charge in [-0.1, -0.05) is 6.07 Å². The first-order valence-electron chi connectivity index (χ1n) is 5.59. The van der Waals surface area contributed by atoms with Crippen molar-refractivity contribution in [3.63, 3.8) is 0 Å². The van der Waals surface area contributed by atoms with Crippen LogP contribution in [0, 0.1) is 6.92 Å². The molecule has 0 bridgehead atoms. The number of aromatic nitrogens is 2. The molecule has 1 aromatic heterocycles. The molecule has 3 N–H and O–H groups in total. The Kier molecular flexibility index (Phi) is 3.77. The van der Waals surface area contributed by atoms with Crippen LogP contribution in [0.5, 0.6) is 0 Å². The van der Waals surface area contributed by atoms with Crippen LogP contribution in [0.3, 0.4) is 0 Å². The van der Waals surface area contributed by atoms with E-state index in [9.17, 15) is 8.42 Å². The summed E-state index contributed by atoms with van der Waals surface area (Å²) in [5.41, 5.74) is 2.12. The lowest BCUT2D eigenvalue weighted by atomic mass is 10.2. The van der Waals surface area contributed by atoms with E-state index in [-0.39, 0.29) is 4.90 Å². The molecule has 1 aromatic carbocycles. The van der Waals surface area contributed by atoms with Crippen LogP contribution in [0.15, 0.2) is 41.7 Å². The molecule has 0 spiro atoms. The van der Waals surface area contributed by atoms with Crippen LogP contribution in [0.1, 0.15) is 11.3 Å². The van der Waals surface area contributed by atoms with Crippen molar-refractivity contribution in [1.82, 2.24) is 9.97 Å². The van der Waals surface area contributed by atoms with Crippen molar-refractivity contribution in [3.8, 4) is 0 Å². The molecule has 0 saturated carbocycles. The average molecular weight is 278 g/mol. The molecule has 0 fully saturated rings. The van der Waals surface area contributed by atoms with E-state index in [0.717, 1.165) is 5.69 Å². The molecule has 2 rings (SSSR count). The van der Waals surface area contributed by atoms with E-state index < -0.39 is 10.0 Å². The van der Waals surface area contributed by atoms with Crippen LogP contribution < -0.4 is 10.5 Å². The fourth-order valence-electron chi connectivity index (χ4n) is 1.72. The minimum absolute atomic E-state index is 0.125. The van der Waals surface area contributed by atoms with Gasteiger partial charge in [-0.25, -0.2) is 23.5 Å². The number of benzene rings is 1. The monoisotopic (exact) mass is 278 g/mol. The summed E-state index contributed by atoms with van der Waals surface area (Å²) < 4.78 is 22.8. The second kappa shape index (κ2) is 5.33. The van der Waals surface area contributed by atoms with Gasteiger partial charge in [-0.2, -0.15) is 0 Å². The van der Waals surface area contributed by atoms with Crippen molar-refractivity contribution in [1.29, 1.82) is 0 Å². The summed E-state index contributed by atoms with van der Waals surface area (Å²) >= 11 is 0. The second-order valence-electron chi connectivity index (χ2n) is 4.03. The van der Waals surface area contributed by atoms with Gasteiger partial charge in [0.2, 0.25) is 10.0 Å². The van der Waals surface area contributed by atoms with Crippen molar-refractivity contribution in [2.45, 2.75) is 18.4 Å². The van der Waals surface area contributed by atoms with Crippen LogP contribution in [0.4, 0.5) is 5.69 Å². The highest BCUT2D eigenvalue weighted by atomic mass is 32.2. The summed E-state index contributed by atoms with van der Waals surface area (Å²) in [6, 6.07) is 6.71. The topological polar surface area (TPSA) is 98.0 Å². The SMILES string of the molecule is Cc1c(NCc2ccncn2)cccc1S(N)(=O)=O. The smallest absolute Gasteiger partial charge is 0.238 e. The van der Waals surface area contributed by atoms with Crippen molar-refractivity contribution in [3.05, 3.63) is 48.0 Å². The Labute approximate surface area is 111 Å². The Bertz CT molecular complexity index is 671. The molecule has 0 saturated heterocycles. The fraction of sp³-hybridized carbons (Fsp3) is 0.167. The lowest BCUT2D eigenvalue weighted by molar-refractivity contribution is 0.597. The van der Waals surface area contributed by atoms with E-state index in [1.165, 1.54) is 12.4 Å². The third-order valence-corrected chi connectivity index (χ3v) is 3.75. The summed E-state index contributed by atoms with van der Waals surface area (Å²) in [5, 5.41) is 8.29. The summed E-state index contributed by atoms with van der Waals surface area (Å²) in [7, 11) is -3.70. The molecule has 0 aliphatic carbocycles. The van der Waals surface area contributed by atoms with E-state index in [1.54, 1.807) is 31.3 Å². The van der Waals surface area contributed by atoms with E-state index in [0.29, 0.717) is 17.8 Å². The van der Waals surface area contributed by atoms with Gasteiger partial charge in [0.1, 0.15) is 6.33 Å². The second-order valence-corrected chi connectivity index (χ2v) is 5.56. The highest BCUT2D eigenvalue weighted by Gasteiger charge is 2.13. The Morgan fingerprint density at radius 1 is 1.32 bits per heavy atom. The minimum Gasteiger partial charge on any atom is -0.379 e. The zero-order valence-electron chi connectivity index (χ0n) is 10.4. The third-order valence-electron chi connectivity index (χ3n) is 2.69. The third kappa shape index (κ3) is 3.27. The van der Waals surface area contributed by atoms with Crippen molar-refractivity contribution < 1.29 is 8.42 Å². The maximum Gasteiger partial charge on any atom is 0.238 e. The normalized spacial score (nSPS) is 11.3. The largest absolute Gasteiger partial charge is 0.379 e. The number of hydrogen-bond donors (Lipinski definition) is 2. The molecule has 1 heterocycles. The van der Waals surface area contributed by atoms with Crippen LogP contribution >= 0.6 is 0 Å². The zero-order valence-corrected chi connectivity index (χ0v) is 11.2. The van der Waals surface area contributed by atoms with Gasteiger partial charge in [0.05, 0.1) is 17.1 Å². The van der Waals surface area contributed by atoms with Gasteiger partial charge in [-0.3, -0.25) is 0 Å². The van der Waals surface area contributed by atoms with Crippen LogP contribution in [0.25, 0.3) is 0 Å². The molecule has 0 radical (unpaired) electrons. The van der Waals surface area contributed by atoms with Gasteiger partial charge in [0.15, 0.2) is 0 Å². The van der Waals surface area contributed by atoms with E-state index in [1.807, 2.05) is 0 Å². The predicted octanol–water partition coefficient (Wildman–Crippen LogP) is 1.04. The lowest BCUT2D eigenvalue weighted by Gasteiger charge is -2.11. The molecule has 100 valence electrons. The molecule has 2 aromatic rings. The Morgan fingerprint density at radius 2 is 2.11 bits per heavy atom. The highest BCUT2D eigenvalue weighted by molar-refractivity contribution is 7.89. The number of nitrogens with one attached hydrogen (secondary N) is 1. The molecule has 0 unspecified atom stereocenters. The van der Waals surface area contributed by atoms with Gasteiger partial charge in [-0.15, -0.1) is 0 Å². The Hall–Kier alpha value is -1.99. The molecule has 0 amide bonds. The predicted molar refractivity (Wildman–Crippen MR) is 71.9 cm³/mol. The number of primary sulfonamides is 1. The zero-order chi connectivity index (χ0) is 13.9. The molecular formula is C12H14N4O2S. The lowest BCUT2D eigenvalue weighted by Crippen LogP contribution is -2.14. The van der Waals surface area contributed by atoms with Crippen LogP contribution in [-0.2, 0) is 16.6 Å². The molecule has 0 aliphatic rings. The first-order chi connectivity index (χ1) is 8.98. The summed E-state index contributed by atoms with van der Waals surface area (Å²) in [4.78, 5) is 8.03. The summed E-state index contributed by atoms with van der Waals surface area (Å²) in [6.07, 6.45) is 3.11. The van der Waals surface area contributed by atoms with Crippen molar-refractivity contribution in [2.24, 2.45) is 5.14 Å². The number of sulfonamides is 1. The van der Waals surface area contributed by atoms with Crippen LogP contribution in [0.2, 0.25) is 0 Å². The maximum atomic E-state index is 11.4. The minimum atomic E-state index is -3.70. The van der Waals surface area contributed by atoms with Gasteiger partial charge in [0.25, 0.3) is 0 Å². The molecular weight excluding hydrogens is 264 g/mol. The molecule has 7 heteroatoms. The Balaban J connectivity index is 2.23. The average Bonchev–Trinajstić information content (AvgIpc) is 2.37. The Morgan fingerprint density at radius 3 is 2.74 bits per heavy atom. The summed E-state index contributed by atoms with van der Waals surface area (Å²) in [5.74, 6) is 0. The van der Waals surface area contributed by atoms with Crippen molar-refractivity contribution in [2.75, 3.05) is 5.32 Å². The fourth-order valence-corrected chi connectivity index (χ4v) is 2.53. The number of rotatable bonds is 4. The maximum absolute atomic E-state index is 11.4. The molecule has 6 nitrogen and oxygen atoms in total. The standard InChI is InChI=1S/C12H14N4O2S/c1-9-11(3-2-4-12(9)19(13,17)18)15-7-10-5-6-14-8-16-10/h2-6,8,15H,7H2,1H3,(H2,13,17,18). The first-order valence-corrected chi connectivity index (χ1v) is 7.14. The number of hydrogen-bond acceptors (Lipinski definition) is 5. The van der Waals surface area contributed by atoms with Crippen molar-refractivity contribution >= 4 is 15.7 Å². The van der Waals surface area contributed by atoms with Gasteiger partial charge in [-0.05, 0) is 30.7 Å². The van der Waals surface area contributed by atoms with Gasteiger partial charge in [0, 0.05) is 11.9 Å². The molecule has 19 heavy (non-hydrogen) atoms. The number of nitrogens with zero attached hydrogens (tertiary/aromatic N) is 2. The molecule has 0 atom stereocenters. The van der Waals surface area contributed by atoms with Gasteiger partial charge < -0.3 is 5.32 Å². The number of anilines is 1. The first kappa shape index (κ1) is 13.4. The highest BCUT2D eigenvalue weighted by Crippen LogP contribution is 2.22. The van der Waals surface area contributed by atoms with E-state index in [2.05, 4.69) is 15.3 Å². The summed E-state index contributed by atoms with van der Waals surface area (Å²) in [6.45, 7) is 2.19. The quantitative estimate of drug-likeness (QED) is 0.871. The van der Waals surface area contributed by atoms with E-state index >= 15 is 0 Å². The van der Waals surface area contributed by atoms with E-state index in [4.69, 9.17) is 5.14 Å². The van der Waals surface area contributed by atoms with Gasteiger partial charge >= 0.3 is 0 Å². The number of nitrogens with two attached hydrogens (primary N) is 1.